The molecule has 2 aromatic rings. The summed E-state index contributed by atoms with van der Waals surface area (Å²) >= 11 is 3.40. The lowest BCUT2D eigenvalue weighted by Gasteiger charge is -2.24. The number of amides is 1. The number of nitrogens with zero attached hydrogens (tertiary/aromatic N) is 1. The number of ether oxygens (including phenoxy) is 1. The molecule has 0 radical (unpaired) electrons. The first-order chi connectivity index (χ1) is 15.5. The van der Waals surface area contributed by atoms with Crippen molar-refractivity contribution >= 4 is 31.9 Å². The van der Waals surface area contributed by atoms with E-state index in [1.165, 1.54) is 26.0 Å². The molecule has 0 saturated carbocycles. The molecule has 0 saturated heterocycles. The lowest BCUT2D eigenvalue weighted by molar-refractivity contribution is 0.0502. The monoisotopic (exact) mass is 556 g/mol. The molecule has 1 amide bonds. The van der Waals surface area contributed by atoms with E-state index in [4.69, 9.17) is 4.74 Å². The minimum absolute atomic E-state index is 0.00520. The second-order valence-electron chi connectivity index (χ2n) is 9.28. The lowest BCUT2D eigenvalue weighted by Crippen LogP contribution is -2.36. The molecule has 1 aromatic carbocycles. The highest BCUT2D eigenvalue weighted by Crippen LogP contribution is 2.26. The quantitative estimate of drug-likeness (QED) is 0.517. The maximum absolute atomic E-state index is 13.8. The SMILES string of the molecule is CC(C)(C)OC(=O)N[C@@H](Cc1cc(F)cc(F)c1)c1nc(C#CC(C)(C)S(C)(=O)=O)ccc1Br. The third-order valence-electron chi connectivity index (χ3n) is 4.67. The van der Waals surface area contributed by atoms with E-state index >= 15 is 0 Å². The molecule has 0 unspecified atom stereocenters. The van der Waals surface area contributed by atoms with Crippen molar-refractivity contribution in [3.8, 4) is 11.8 Å². The number of benzene rings is 1. The molecule has 6 nitrogen and oxygen atoms in total. The standard InChI is InChI=1S/C24H27BrF2N2O4S/c1-23(2,3)33-22(30)29-20(13-15-11-16(26)14-17(27)12-15)21-19(25)8-7-18(28-21)9-10-24(4,5)34(6,31)32/h7-8,11-12,14,20H,13H2,1-6H3,(H,29,30)/t20-/m0/s1. The van der Waals surface area contributed by atoms with E-state index < -0.39 is 44.0 Å². The molecule has 1 aromatic heterocycles. The number of hydrogen-bond donors (Lipinski definition) is 1. The largest absolute Gasteiger partial charge is 0.444 e. The first kappa shape index (κ1) is 27.7. The van der Waals surface area contributed by atoms with E-state index in [9.17, 15) is 22.0 Å². The average Bonchev–Trinajstić information content (AvgIpc) is 2.63. The lowest BCUT2D eigenvalue weighted by atomic mass is 10.0. The Bertz CT molecular complexity index is 1230. The van der Waals surface area contributed by atoms with Crippen LogP contribution in [0.15, 0.2) is 34.8 Å². The van der Waals surface area contributed by atoms with Crippen LogP contribution >= 0.6 is 15.9 Å². The number of carbonyl (C=O) groups excluding carboxylic acids is 1. The van der Waals surface area contributed by atoms with Crippen molar-refractivity contribution in [2.75, 3.05) is 6.26 Å². The zero-order valence-electron chi connectivity index (χ0n) is 19.8. The fourth-order valence-electron chi connectivity index (χ4n) is 2.71. The van der Waals surface area contributed by atoms with Gasteiger partial charge in [-0.1, -0.05) is 5.92 Å². The van der Waals surface area contributed by atoms with Crippen LogP contribution in [-0.4, -0.2) is 36.1 Å². The molecular weight excluding hydrogens is 530 g/mol. The molecule has 0 aliphatic heterocycles. The van der Waals surface area contributed by atoms with E-state index in [1.807, 2.05) is 0 Å². The van der Waals surface area contributed by atoms with Crippen molar-refractivity contribution in [2.45, 2.75) is 57.4 Å². The number of alkyl carbamates (subject to hydrolysis) is 1. The van der Waals surface area contributed by atoms with Crippen LogP contribution in [0.3, 0.4) is 0 Å². The summed E-state index contributed by atoms with van der Waals surface area (Å²) < 4.78 is 56.0. The molecule has 184 valence electrons. The number of aromatic nitrogens is 1. The summed E-state index contributed by atoms with van der Waals surface area (Å²) in [6.45, 7) is 8.09. The summed E-state index contributed by atoms with van der Waals surface area (Å²) in [4.78, 5) is 17.0. The Hall–Kier alpha value is -2.51. The second-order valence-corrected chi connectivity index (χ2v) is 12.7. The van der Waals surface area contributed by atoms with Crippen LogP contribution in [0.5, 0.6) is 0 Å². The van der Waals surface area contributed by atoms with Gasteiger partial charge in [-0.05, 0) is 92.7 Å². The Morgan fingerprint density at radius 2 is 1.74 bits per heavy atom. The van der Waals surface area contributed by atoms with Gasteiger partial charge in [0.25, 0.3) is 0 Å². The number of carbonyl (C=O) groups is 1. The summed E-state index contributed by atoms with van der Waals surface area (Å²) in [6, 6.07) is 5.49. The minimum atomic E-state index is -3.44. The normalized spacial score (nSPS) is 13.0. The predicted molar refractivity (Wildman–Crippen MR) is 130 cm³/mol. The molecule has 2 rings (SSSR count). The first-order valence-corrected chi connectivity index (χ1v) is 13.0. The summed E-state index contributed by atoms with van der Waals surface area (Å²) in [6.07, 6.45) is 0.365. The van der Waals surface area contributed by atoms with Gasteiger partial charge in [0.2, 0.25) is 0 Å². The topological polar surface area (TPSA) is 85.4 Å². The number of pyridine rings is 1. The van der Waals surface area contributed by atoms with Crippen molar-refractivity contribution in [3.05, 3.63) is 63.4 Å². The molecule has 0 spiro atoms. The number of halogens is 3. The van der Waals surface area contributed by atoms with Crippen molar-refractivity contribution in [2.24, 2.45) is 0 Å². The van der Waals surface area contributed by atoms with Crippen molar-refractivity contribution in [1.82, 2.24) is 10.3 Å². The van der Waals surface area contributed by atoms with Gasteiger partial charge in [-0.25, -0.2) is 27.0 Å². The molecule has 0 aliphatic carbocycles. The van der Waals surface area contributed by atoms with Crippen molar-refractivity contribution in [1.29, 1.82) is 0 Å². The van der Waals surface area contributed by atoms with E-state index in [0.29, 0.717) is 15.7 Å². The fraction of sp³-hybridized carbons (Fsp3) is 0.417. The fourth-order valence-corrected chi connectivity index (χ4v) is 3.44. The summed E-state index contributed by atoms with van der Waals surface area (Å²) in [5.74, 6) is 3.97. The van der Waals surface area contributed by atoms with Gasteiger partial charge in [0.05, 0.1) is 11.7 Å². The summed E-state index contributed by atoms with van der Waals surface area (Å²) in [5.41, 5.74) is 0.118. The van der Waals surface area contributed by atoms with E-state index in [1.54, 1.807) is 32.9 Å². The summed E-state index contributed by atoms with van der Waals surface area (Å²) in [5, 5.41) is 2.70. The Balaban J connectivity index is 2.50. The van der Waals surface area contributed by atoms with Crippen LogP contribution in [-0.2, 0) is 21.0 Å². The first-order valence-electron chi connectivity index (χ1n) is 10.3. The number of nitrogens with one attached hydrogen (secondary N) is 1. The van der Waals surface area contributed by atoms with Gasteiger partial charge >= 0.3 is 6.09 Å². The molecule has 10 heteroatoms. The van der Waals surface area contributed by atoms with Crippen LogP contribution in [0.1, 0.15) is 57.6 Å². The zero-order chi connectivity index (χ0) is 25.9. The third-order valence-corrected chi connectivity index (χ3v) is 7.30. The van der Waals surface area contributed by atoms with Gasteiger partial charge in [-0.15, -0.1) is 0 Å². The average molecular weight is 557 g/mol. The number of rotatable bonds is 5. The molecule has 1 N–H and O–H groups in total. The Morgan fingerprint density at radius 1 is 1.15 bits per heavy atom. The Morgan fingerprint density at radius 3 is 2.26 bits per heavy atom. The molecular formula is C24H27BrF2N2O4S. The number of hydrogen-bond acceptors (Lipinski definition) is 5. The zero-order valence-corrected chi connectivity index (χ0v) is 22.2. The molecule has 1 heterocycles. The maximum atomic E-state index is 13.8. The van der Waals surface area contributed by atoms with Gasteiger partial charge in [0, 0.05) is 16.8 Å². The second kappa shape index (κ2) is 10.4. The van der Waals surface area contributed by atoms with Crippen LogP contribution in [0, 0.1) is 23.5 Å². The maximum Gasteiger partial charge on any atom is 0.408 e. The van der Waals surface area contributed by atoms with E-state index in [2.05, 4.69) is 38.1 Å². The highest BCUT2D eigenvalue weighted by molar-refractivity contribution is 9.10. The van der Waals surface area contributed by atoms with Crippen LogP contribution in [0.25, 0.3) is 0 Å². The third kappa shape index (κ3) is 8.06. The molecule has 0 aliphatic rings. The van der Waals surface area contributed by atoms with Gasteiger partial charge in [-0.3, -0.25) is 0 Å². The van der Waals surface area contributed by atoms with Gasteiger partial charge in [-0.2, -0.15) is 0 Å². The number of sulfone groups is 1. The Labute approximate surface area is 207 Å². The highest BCUT2D eigenvalue weighted by atomic mass is 79.9. The summed E-state index contributed by atoms with van der Waals surface area (Å²) in [7, 11) is -3.44. The Kier molecular flexibility index (Phi) is 8.48. The molecule has 34 heavy (non-hydrogen) atoms. The van der Waals surface area contributed by atoms with E-state index in [-0.39, 0.29) is 12.1 Å². The van der Waals surface area contributed by atoms with E-state index in [0.717, 1.165) is 12.3 Å². The highest BCUT2D eigenvalue weighted by Gasteiger charge is 2.28. The van der Waals surface area contributed by atoms with Gasteiger partial charge in [0.15, 0.2) is 9.84 Å². The van der Waals surface area contributed by atoms with Crippen LogP contribution < -0.4 is 5.32 Å². The van der Waals surface area contributed by atoms with Gasteiger partial charge in [0.1, 0.15) is 27.7 Å². The molecule has 0 fully saturated rings. The van der Waals surface area contributed by atoms with Crippen molar-refractivity contribution < 1.29 is 26.7 Å². The van der Waals surface area contributed by atoms with Crippen LogP contribution in [0.2, 0.25) is 0 Å². The minimum Gasteiger partial charge on any atom is -0.444 e. The molecule has 1 atom stereocenters. The van der Waals surface area contributed by atoms with Crippen molar-refractivity contribution in [3.63, 3.8) is 0 Å². The van der Waals surface area contributed by atoms with Crippen LogP contribution in [0.4, 0.5) is 13.6 Å². The molecule has 0 bridgehead atoms. The smallest absolute Gasteiger partial charge is 0.408 e. The van der Waals surface area contributed by atoms with Gasteiger partial charge < -0.3 is 10.1 Å². The predicted octanol–water partition coefficient (Wildman–Crippen LogP) is 5.11.